The maximum absolute atomic E-state index is 11.6. The molecule has 7 nitrogen and oxygen atoms in total. The molecule has 3 aliphatic rings. The van der Waals surface area contributed by atoms with E-state index < -0.39 is 17.7 Å². The molecule has 2 aliphatic heterocycles. The summed E-state index contributed by atoms with van der Waals surface area (Å²) in [6, 6.07) is 7.41. The predicted molar refractivity (Wildman–Crippen MR) is 100 cm³/mol. The molecule has 3 atom stereocenters. The third-order valence-corrected chi connectivity index (χ3v) is 6.40. The predicted octanol–water partition coefficient (Wildman–Crippen LogP) is 1.90. The van der Waals surface area contributed by atoms with E-state index in [9.17, 15) is 10.2 Å². The van der Waals surface area contributed by atoms with E-state index in [0.29, 0.717) is 40.7 Å². The number of hydrogen-bond donors (Lipinski definition) is 2. The number of fused-ring (bicyclic) bond motifs is 5. The van der Waals surface area contributed by atoms with Crippen LogP contribution in [0.1, 0.15) is 34.5 Å². The molecule has 2 aromatic rings. The fraction of sp³-hybridized carbons (Fsp3) is 0.429. The van der Waals surface area contributed by atoms with Crippen molar-refractivity contribution in [1.29, 1.82) is 0 Å². The zero-order chi connectivity index (χ0) is 19.6. The molecule has 0 bridgehead atoms. The number of nitrogens with zero attached hydrogens (tertiary/aromatic N) is 1. The van der Waals surface area contributed by atoms with Gasteiger partial charge in [-0.25, -0.2) is 0 Å². The molecule has 0 saturated carbocycles. The number of aliphatic hydroxyl groups excluding tert-OH is 2. The monoisotopic (exact) mass is 385 g/mol. The van der Waals surface area contributed by atoms with Crippen LogP contribution in [0.5, 0.6) is 23.0 Å². The molecule has 1 aliphatic carbocycles. The molecule has 0 amide bonds. The second-order valence-electron chi connectivity index (χ2n) is 7.47. The smallest absolute Gasteiger partial charge is 0.231 e. The summed E-state index contributed by atoms with van der Waals surface area (Å²) in [6.45, 7) is 0.795. The fourth-order valence-corrected chi connectivity index (χ4v) is 5.03. The van der Waals surface area contributed by atoms with Gasteiger partial charge in [0.25, 0.3) is 0 Å². The van der Waals surface area contributed by atoms with Crippen LogP contribution in [0.15, 0.2) is 24.3 Å². The maximum atomic E-state index is 11.6. The van der Waals surface area contributed by atoms with Crippen molar-refractivity contribution in [3.63, 3.8) is 0 Å². The molecule has 1 spiro atoms. The summed E-state index contributed by atoms with van der Waals surface area (Å²) < 4.78 is 22.1. The van der Waals surface area contributed by atoms with Gasteiger partial charge in [-0.3, -0.25) is 4.90 Å². The third-order valence-electron chi connectivity index (χ3n) is 6.40. The largest absolute Gasteiger partial charge is 0.493 e. The van der Waals surface area contributed by atoms with Crippen molar-refractivity contribution in [3.8, 4) is 23.0 Å². The van der Waals surface area contributed by atoms with Crippen molar-refractivity contribution in [2.24, 2.45) is 0 Å². The van der Waals surface area contributed by atoms with E-state index >= 15 is 0 Å². The Balaban J connectivity index is 1.76. The third kappa shape index (κ3) is 1.98. The van der Waals surface area contributed by atoms with E-state index in [2.05, 4.69) is 0 Å². The summed E-state index contributed by atoms with van der Waals surface area (Å²) in [6.07, 6.45) is -1.15. The Morgan fingerprint density at radius 1 is 1.07 bits per heavy atom. The lowest BCUT2D eigenvalue weighted by atomic mass is 9.75. The van der Waals surface area contributed by atoms with Gasteiger partial charge in [0, 0.05) is 12.1 Å². The van der Waals surface area contributed by atoms with E-state index in [-0.39, 0.29) is 6.79 Å². The van der Waals surface area contributed by atoms with Gasteiger partial charge in [0.15, 0.2) is 23.0 Å². The average Bonchev–Trinajstić information content (AvgIpc) is 3.27. The Labute approximate surface area is 163 Å². The molecular weight excluding hydrogens is 362 g/mol. The van der Waals surface area contributed by atoms with Gasteiger partial charge in [-0.15, -0.1) is 0 Å². The van der Waals surface area contributed by atoms with Crippen molar-refractivity contribution in [2.75, 3.05) is 34.6 Å². The molecule has 0 radical (unpaired) electrons. The second-order valence-corrected chi connectivity index (χ2v) is 7.47. The van der Waals surface area contributed by atoms with Crippen molar-refractivity contribution >= 4 is 0 Å². The summed E-state index contributed by atoms with van der Waals surface area (Å²) in [4.78, 5) is 2.03. The Bertz CT molecular complexity index is 960. The molecule has 7 heteroatoms. The number of likely N-dealkylation sites (N-methyl/N-ethyl adjacent to an activating group) is 1. The topological polar surface area (TPSA) is 80.6 Å². The van der Waals surface area contributed by atoms with Crippen LogP contribution in [0.4, 0.5) is 0 Å². The number of hydrogen-bond acceptors (Lipinski definition) is 7. The molecule has 2 N–H and O–H groups in total. The minimum Gasteiger partial charge on any atom is -0.493 e. The number of methoxy groups -OCH3 is 2. The van der Waals surface area contributed by atoms with Crippen molar-refractivity contribution in [1.82, 2.24) is 4.90 Å². The maximum Gasteiger partial charge on any atom is 0.231 e. The van der Waals surface area contributed by atoms with E-state index in [4.69, 9.17) is 18.9 Å². The van der Waals surface area contributed by atoms with Gasteiger partial charge in [0.2, 0.25) is 6.79 Å². The van der Waals surface area contributed by atoms with Gasteiger partial charge in [0.05, 0.1) is 14.2 Å². The zero-order valence-corrected chi connectivity index (χ0v) is 16.1. The number of ether oxygens (including phenoxy) is 4. The lowest BCUT2D eigenvalue weighted by Gasteiger charge is -2.48. The van der Waals surface area contributed by atoms with Crippen LogP contribution in [0.3, 0.4) is 0 Å². The molecule has 0 unspecified atom stereocenters. The highest BCUT2D eigenvalue weighted by molar-refractivity contribution is 5.62. The molecule has 28 heavy (non-hydrogen) atoms. The van der Waals surface area contributed by atoms with E-state index in [1.807, 2.05) is 30.1 Å². The van der Waals surface area contributed by atoms with Gasteiger partial charge < -0.3 is 29.2 Å². The second kappa shape index (κ2) is 6.01. The first-order valence-electron chi connectivity index (χ1n) is 9.29. The van der Waals surface area contributed by atoms with Crippen LogP contribution in [0.25, 0.3) is 0 Å². The Kier molecular flexibility index (Phi) is 3.78. The Morgan fingerprint density at radius 2 is 1.82 bits per heavy atom. The molecule has 2 aromatic carbocycles. The van der Waals surface area contributed by atoms with Crippen molar-refractivity contribution < 1.29 is 29.2 Å². The standard InChI is InChI=1S/C21H23NO6/c1-22-7-6-11-8-15(25-2)16(26-3)9-13(11)21(22)19(23)12-4-5-14-18(28-10-27-14)17(12)20(21)24/h4-5,8-9,19-20,23-24H,6-7,10H2,1-3H3/t19-,20-,21-/m1/s1. The zero-order valence-electron chi connectivity index (χ0n) is 16.1. The van der Waals surface area contributed by atoms with Crippen molar-refractivity contribution in [2.45, 2.75) is 24.2 Å². The highest BCUT2D eigenvalue weighted by atomic mass is 16.7. The van der Waals surface area contributed by atoms with Gasteiger partial charge in [0.1, 0.15) is 17.7 Å². The first kappa shape index (κ1) is 17.6. The van der Waals surface area contributed by atoms with Gasteiger partial charge in [-0.1, -0.05) is 6.07 Å². The Hall–Kier alpha value is -2.48. The minimum atomic E-state index is -1.05. The molecule has 0 saturated heterocycles. The molecule has 0 aromatic heterocycles. The lowest BCUT2D eigenvalue weighted by molar-refractivity contribution is -0.0951. The molecule has 5 rings (SSSR count). The van der Waals surface area contributed by atoms with Crippen LogP contribution >= 0.6 is 0 Å². The Morgan fingerprint density at radius 3 is 2.57 bits per heavy atom. The summed E-state index contributed by atoms with van der Waals surface area (Å²) in [5.74, 6) is 2.31. The van der Waals surface area contributed by atoms with Crippen molar-refractivity contribution in [3.05, 3.63) is 46.5 Å². The summed E-state index contributed by atoms with van der Waals surface area (Å²) in [5.41, 5.74) is 2.07. The minimum absolute atomic E-state index is 0.110. The van der Waals surface area contributed by atoms with Crippen LogP contribution in [-0.4, -0.2) is 49.7 Å². The van der Waals surface area contributed by atoms with Crippen LogP contribution in [0, 0.1) is 0 Å². The summed E-state index contributed by atoms with van der Waals surface area (Å²) >= 11 is 0. The highest BCUT2D eigenvalue weighted by Gasteiger charge is 2.60. The van der Waals surface area contributed by atoms with E-state index in [1.165, 1.54) is 0 Å². The van der Waals surface area contributed by atoms with Crippen LogP contribution in [0.2, 0.25) is 0 Å². The van der Waals surface area contributed by atoms with Gasteiger partial charge in [-0.05, 0) is 48.4 Å². The van der Waals surface area contributed by atoms with Gasteiger partial charge in [-0.2, -0.15) is 0 Å². The SMILES string of the molecule is COc1cc2c(cc1OC)[C@]1([C@H](O)c3ccc4c(c3[C@H]1O)OCO4)N(C)CC2. The molecule has 2 heterocycles. The average molecular weight is 385 g/mol. The number of rotatable bonds is 2. The van der Waals surface area contributed by atoms with E-state index in [1.54, 1.807) is 20.3 Å². The molecule has 148 valence electrons. The normalized spacial score (nSPS) is 27.6. The first-order chi connectivity index (χ1) is 13.5. The highest BCUT2D eigenvalue weighted by Crippen LogP contribution is 2.62. The van der Waals surface area contributed by atoms with Crippen LogP contribution < -0.4 is 18.9 Å². The first-order valence-corrected chi connectivity index (χ1v) is 9.29. The number of benzene rings is 2. The summed E-state index contributed by atoms with van der Waals surface area (Å²) in [5, 5.41) is 23.1. The molecule has 0 fully saturated rings. The quantitative estimate of drug-likeness (QED) is 0.817. The van der Waals surface area contributed by atoms with Gasteiger partial charge >= 0.3 is 0 Å². The summed E-state index contributed by atoms with van der Waals surface area (Å²) in [7, 11) is 5.11. The lowest BCUT2D eigenvalue weighted by Crippen LogP contribution is -2.53. The number of aliphatic hydroxyl groups is 2. The van der Waals surface area contributed by atoms with Crippen LogP contribution in [-0.2, 0) is 12.0 Å². The fourth-order valence-electron chi connectivity index (χ4n) is 5.03. The molecular formula is C21H23NO6. The van der Waals surface area contributed by atoms with E-state index in [0.717, 1.165) is 17.5 Å².